The first-order valence-electron chi connectivity index (χ1n) is 7.78. The van der Waals surface area contributed by atoms with E-state index in [9.17, 15) is 4.39 Å². The second kappa shape index (κ2) is 6.24. The number of hydrogen-bond donors (Lipinski definition) is 0. The van der Waals surface area contributed by atoms with Gasteiger partial charge in [-0.15, -0.1) is 11.3 Å². The SMILES string of the molecule is COc1ccc(N2CCN(c3ncnc4sccc34)CC2)cc1F. The Bertz CT molecular complexity index is 861. The molecule has 24 heavy (non-hydrogen) atoms. The number of thiophene rings is 1. The van der Waals surface area contributed by atoms with Crippen molar-refractivity contribution in [1.82, 2.24) is 9.97 Å². The molecule has 0 bridgehead atoms. The lowest BCUT2D eigenvalue weighted by atomic mass is 10.2. The van der Waals surface area contributed by atoms with Crippen LogP contribution in [0.1, 0.15) is 0 Å². The zero-order chi connectivity index (χ0) is 16.5. The van der Waals surface area contributed by atoms with E-state index in [4.69, 9.17) is 4.74 Å². The van der Waals surface area contributed by atoms with Gasteiger partial charge in [0.15, 0.2) is 11.6 Å². The molecule has 2 aromatic heterocycles. The highest BCUT2D eigenvalue weighted by atomic mass is 32.1. The van der Waals surface area contributed by atoms with Crippen LogP contribution in [0.2, 0.25) is 0 Å². The molecule has 0 unspecified atom stereocenters. The molecule has 0 aliphatic carbocycles. The third-order valence-corrected chi connectivity index (χ3v) is 5.14. The second-order valence-electron chi connectivity index (χ2n) is 5.63. The zero-order valence-electron chi connectivity index (χ0n) is 13.3. The first kappa shape index (κ1) is 15.1. The molecule has 1 saturated heterocycles. The zero-order valence-corrected chi connectivity index (χ0v) is 14.1. The number of rotatable bonds is 3. The van der Waals surface area contributed by atoms with E-state index < -0.39 is 0 Å². The lowest BCUT2D eigenvalue weighted by molar-refractivity contribution is 0.386. The van der Waals surface area contributed by atoms with E-state index in [1.54, 1.807) is 23.7 Å². The van der Waals surface area contributed by atoms with Crippen molar-refractivity contribution >= 4 is 33.1 Å². The first-order chi connectivity index (χ1) is 11.8. The van der Waals surface area contributed by atoms with Crippen LogP contribution in [-0.4, -0.2) is 43.3 Å². The van der Waals surface area contributed by atoms with Crippen molar-refractivity contribution < 1.29 is 9.13 Å². The number of aromatic nitrogens is 2. The van der Waals surface area contributed by atoms with E-state index in [1.165, 1.54) is 13.2 Å². The van der Waals surface area contributed by atoms with Gasteiger partial charge in [0, 0.05) is 37.9 Å². The summed E-state index contributed by atoms with van der Waals surface area (Å²) in [5.74, 6) is 0.938. The van der Waals surface area contributed by atoms with Gasteiger partial charge in [0.05, 0.1) is 12.5 Å². The fraction of sp³-hybridized carbons (Fsp3) is 0.294. The van der Waals surface area contributed by atoms with Crippen molar-refractivity contribution in [2.75, 3.05) is 43.1 Å². The Kier molecular flexibility index (Phi) is 3.93. The number of halogens is 1. The molecule has 0 saturated carbocycles. The minimum absolute atomic E-state index is 0.276. The Morgan fingerprint density at radius 2 is 1.88 bits per heavy atom. The highest BCUT2D eigenvalue weighted by Gasteiger charge is 2.21. The summed E-state index contributed by atoms with van der Waals surface area (Å²) in [4.78, 5) is 14.2. The minimum atomic E-state index is -0.326. The van der Waals surface area contributed by atoms with Crippen molar-refractivity contribution in [3.05, 3.63) is 41.8 Å². The van der Waals surface area contributed by atoms with Gasteiger partial charge in [-0.2, -0.15) is 0 Å². The van der Waals surface area contributed by atoms with Crippen molar-refractivity contribution in [3.63, 3.8) is 0 Å². The van der Waals surface area contributed by atoms with Gasteiger partial charge < -0.3 is 14.5 Å². The van der Waals surface area contributed by atoms with Crippen LogP contribution in [-0.2, 0) is 0 Å². The molecule has 0 radical (unpaired) electrons. The summed E-state index contributed by atoms with van der Waals surface area (Å²) in [6, 6.07) is 7.19. The largest absolute Gasteiger partial charge is 0.494 e. The Morgan fingerprint density at radius 1 is 1.08 bits per heavy atom. The number of hydrogen-bond acceptors (Lipinski definition) is 6. The topological polar surface area (TPSA) is 41.5 Å². The maximum absolute atomic E-state index is 13.9. The molecule has 3 aromatic rings. The van der Waals surface area contributed by atoms with Crippen molar-refractivity contribution in [2.45, 2.75) is 0 Å². The van der Waals surface area contributed by atoms with E-state index in [0.717, 1.165) is 47.9 Å². The molecular formula is C17H17FN4OS. The van der Waals surface area contributed by atoms with Crippen LogP contribution in [0.4, 0.5) is 15.9 Å². The number of fused-ring (bicyclic) bond motifs is 1. The molecule has 0 spiro atoms. The van der Waals surface area contributed by atoms with Crippen molar-refractivity contribution in [3.8, 4) is 5.75 Å². The Balaban J connectivity index is 1.51. The van der Waals surface area contributed by atoms with Gasteiger partial charge >= 0.3 is 0 Å². The van der Waals surface area contributed by atoms with Gasteiger partial charge in [-0.25, -0.2) is 14.4 Å². The van der Waals surface area contributed by atoms with Gasteiger partial charge in [-0.05, 0) is 23.6 Å². The number of methoxy groups -OCH3 is 1. The quantitative estimate of drug-likeness (QED) is 0.730. The average Bonchev–Trinajstić information content (AvgIpc) is 3.10. The summed E-state index contributed by atoms with van der Waals surface area (Å²) in [6.07, 6.45) is 1.62. The monoisotopic (exact) mass is 344 g/mol. The van der Waals surface area contributed by atoms with Crippen molar-refractivity contribution in [2.24, 2.45) is 0 Å². The Morgan fingerprint density at radius 3 is 2.62 bits per heavy atom. The minimum Gasteiger partial charge on any atom is -0.494 e. The molecule has 1 aliphatic heterocycles. The van der Waals surface area contributed by atoms with E-state index in [2.05, 4.69) is 25.8 Å². The third-order valence-electron chi connectivity index (χ3n) is 4.32. The molecule has 1 aromatic carbocycles. The Hall–Kier alpha value is -2.41. The molecule has 1 aliphatic rings. The van der Waals surface area contributed by atoms with Crippen LogP contribution in [0, 0.1) is 5.82 Å². The second-order valence-corrected chi connectivity index (χ2v) is 6.52. The molecular weight excluding hydrogens is 327 g/mol. The van der Waals surface area contributed by atoms with Gasteiger partial charge in [0.2, 0.25) is 0 Å². The molecule has 0 amide bonds. The fourth-order valence-electron chi connectivity index (χ4n) is 3.06. The number of benzene rings is 1. The molecule has 4 rings (SSSR count). The standard InChI is InChI=1S/C17H17FN4OS/c1-23-15-3-2-12(10-14(15)18)21-5-7-22(8-6-21)16-13-4-9-24-17(13)20-11-19-16/h2-4,9-11H,5-8H2,1H3. The number of nitrogens with zero attached hydrogens (tertiary/aromatic N) is 4. The number of piperazine rings is 1. The summed E-state index contributed by atoms with van der Waals surface area (Å²) in [6.45, 7) is 3.33. The van der Waals surface area contributed by atoms with E-state index in [-0.39, 0.29) is 11.6 Å². The number of anilines is 2. The van der Waals surface area contributed by atoms with E-state index in [1.807, 2.05) is 11.4 Å². The summed E-state index contributed by atoms with van der Waals surface area (Å²) in [7, 11) is 1.48. The van der Waals surface area contributed by atoms with Crippen LogP contribution in [0.25, 0.3) is 10.2 Å². The van der Waals surface area contributed by atoms with Crippen LogP contribution in [0.5, 0.6) is 5.75 Å². The molecule has 0 atom stereocenters. The summed E-state index contributed by atoms with van der Waals surface area (Å²) >= 11 is 1.63. The smallest absolute Gasteiger partial charge is 0.167 e. The predicted molar refractivity (Wildman–Crippen MR) is 94.8 cm³/mol. The molecule has 124 valence electrons. The summed E-state index contributed by atoms with van der Waals surface area (Å²) < 4.78 is 18.9. The van der Waals surface area contributed by atoms with Gasteiger partial charge in [0.1, 0.15) is 17.0 Å². The van der Waals surface area contributed by atoms with Gasteiger partial charge in [-0.3, -0.25) is 0 Å². The van der Waals surface area contributed by atoms with Crippen molar-refractivity contribution in [1.29, 1.82) is 0 Å². The molecule has 3 heterocycles. The molecule has 5 nitrogen and oxygen atoms in total. The molecule has 0 N–H and O–H groups in total. The van der Waals surface area contributed by atoms with Crippen LogP contribution < -0.4 is 14.5 Å². The maximum atomic E-state index is 13.9. The lowest BCUT2D eigenvalue weighted by Crippen LogP contribution is -2.46. The van der Waals surface area contributed by atoms with Crippen LogP contribution >= 0.6 is 11.3 Å². The highest BCUT2D eigenvalue weighted by Crippen LogP contribution is 2.29. The average molecular weight is 344 g/mol. The Labute approximate surface area is 143 Å². The number of ether oxygens (including phenoxy) is 1. The lowest BCUT2D eigenvalue weighted by Gasteiger charge is -2.37. The third kappa shape index (κ3) is 2.65. The van der Waals surface area contributed by atoms with E-state index >= 15 is 0 Å². The van der Waals surface area contributed by atoms with Crippen LogP contribution in [0.3, 0.4) is 0 Å². The normalized spacial score (nSPS) is 15.1. The van der Waals surface area contributed by atoms with Crippen LogP contribution in [0.15, 0.2) is 36.0 Å². The predicted octanol–water partition coefficient (Wildman–Crippen LogP) is 3.17. The van der Waals surface area contributed by atoms with Gasteiger partial charge in [-0.1, -0.05) is 0 Å². The molecule has 1 fully saturated rings. The summed E-state index contributed by atoms with van der Waals surface area (Å²) in [5.41, 5.74) is 0.885. The fourth-order valence-corrected chi connectivity index (χ4v) is 3.78. The van der Waals surface area contributed by atoms with Gasteiger partial charge in [0.25, 0.3) is 0 Å². The maximum Gasteiger partial charge on any atom is 0.167 e. The first-order valence-corrected chi connectivity index (χ1v) is 8.66. The highest BCUT2D eigenvalue weighted by molar-refractivity contribution is 7.16. The molecule has 7 heteroatoms. The summed E-state index contributed by atoms with van der Waals surface area (Å²) in [5, 5.41) is 3.14. The van der Waals surface area contributed by atoms with E-state index in [0.29, 0.717) is 0 Å².